The minimum Gasteiger partial charge on any atom is -0.351 e. The molecular formula is C11H9F2N3O3. The van der Waals surface area contributed by atoms with Crippen LogP contribution in [0.15, 0.2) is 12.1 Å². The normalized spacial score (nSPS) is 11.5. The van der Waals surface area contributed by atoms with Crippen LogP contribution in [0.25, 0.3) is 0 Å². The van der Waals surface area contributed by atoms with Crippen molar-refractivity contribution in [1.82, 2.24) is 5.32 Å². The van der Waals surface area contributed by atoms with Crippen molar-refractivity contribution in [2.24, 2.45) is 5.92 Å². The Bertz CT molecular complexity index is 569. The van der Waals surface area contributed by atoms with E-state index < -0.39 is 39.6 Å². The molecular weight excluding hydrogens is 260 g/mol. The number of nitrogens with one attached hydrogen (secondary N) is 1. The van der Waals surface area contributed by atoms with E-state index in [9.17, 15) is 23.7 Å². The number of hydrogen-bond donors (Lipinski definition) is 1. The van der Waals surface area contributed by atoms with Gasteiger partial charge in [-0.3, -0.25) is 14.9 Å². The zero-order valence-corrected chi connectivity index (χ0v) is 9.81. The van der Waals surface area contributed by atoms with Gasteiger partial charge < -0.3 is 5.32 Å². The molecule has 19 heavy (non-hydrogen) atoms. The van der Waals surface area contributed by atoms with Gasteiger partial charge in [-0.25, -0.2) is 4.39 Å². The summed E-state index contributed by atoms with van der Waals surface area (Å²) in [4.78, 5) is 20.9. The molecule has 1 N–H and O–H groups in total. The smallest absolute Gasteiger partial charge is 0.308 e. The van der Waals surface area contributed by atoms with E-state index in [1.807, 2.05) is 6.07 Å². The summed E-state index contributed by atoms with van der Waals surface area (Å²) in [7, 11) is 0. The van der Waals surface area contributed by atoms with Crippen LogP contribution in [0.5, 0.6) is 0 Å². The fourth-order valence-electron chi connectivity index (χ4n) is 1.26. The third-order valence-corrected chi connectivity index (χ3v) is 2.25. The molecule has 1 unspecified atom stereocenters. The molecule has 1 rings (SSSR count). The maximum atomic E-state index is 13.6. The van der Waals surface area contributed by atoms with Crippen LogP contribution in [0.2, 0.25) is 0 Å². The summed E-state index contributed by atoms with van der Waals surface area (Å²) < 4.78 is 26.7. The Balaban J connectivity index is 3.04. The Morgan fingerprint density at radius 1 is 1.58 bits per heavy atom. The second kappa shape index (κ2) is 5.86. The van der Waals surface area contributed by atoms with E-state index in [1.165, 1.54) is 6.92 Å². The van der Waals surface area contributed by atoms with E-state index in [-0.39, 0.29) is 6.54 Å². The quantitative estimate of drug-likeness (QED) is 0.665. The maximum absolute atomic E-state index is 13.6. The van der Waals surface area contributed by atoms with Crippen LogP contribution in [-0.4, -0.2) is 17.4 Å². The molecule has 100 valence electrons. The first kappa shape index (κ1) is 14.5. The van der Waals surface area contributed by atoms with Gasteiger partial charge in [0.1, 0.15) is 5.82 Å². The van der Waals surface area contributed by atoms with Crippen molar-refractivity contribution >= 4 is 11.6 Å². The highest BCUT2D eigenvalue weighted by atomic mass is 19.1. The molecule has 0 saturated carbocycles. The number of benzene rings is 1. The molecule has 0 spiro atoms. The lowest BCUT2D eigenvalue weighted by atomic mass is 10.1. The van der Waals surface area contributed by atoms with Crippen LogP contribution in [0, 0.1) is 39.0 Å². The molecule has 0 fully saturated rings. The molecule has 1 amide bonds. The number of rotatable bonds is 4. The maximum Gasteiger partial charge on any atom is 0.308 e. The monoisotopic (exact) mass is 269 g/mol. The highest BCUT2D eigenvalue weighted by Gasteiger charge is 2.24. The third-order valence-electron chi connectivity index (χ3n) is 2.25. The molecule has 0 aliphatic carbocycles. The predicted octanol–water partition coefficient (Wildman–Crippen LogP) is 1.76. The minimum absolute atomic E-state index is 0.0704. The second-order valence-electron chi connectivity index (χ2n) is 3.78. The molecule has 1 aromatic rings. The average molecular weight is 269 g/mol. The number of nitriles is 1. The van der Waals surface area contributed by atoms with Gasteiger partial charge in [-0.05, 0) is 13.0 Å². The summed E-state index contributed by atoms with van der Waals surface area (Å²) in [5, 5.41) is 21.2. The third kappa shape index (κ3) is 3.45. The number of carbonyl (C=O) groups is 1. The SMILES string of the molecule is CC(C#N)CNC(=O)c1cc(F)cc([N+](=O)[O-])c1F. The minimum atomic E-state index is -1.41. The average Bonchev–Trinajstić information content (AvgIpc) is 2.37. The van der Waals surface area contributed by atoms with Gasteiger partial charge in [-0.15, -0.1) is 0 Å². The molecule has 1 aromatic carbocycles. The van der Waals surface area contributed by atoms with Gasteiger partial charge >= 0.3 is 5.69 Å². The Morgan fingerprint density at radius 2 is 2.21 bits per heavy atom. The molecule has 8 heteroatoms. The largest absolute Gasteiger partial charge is 0.351 e. The molecule has 0 aliphatic heterocycles. The lowest BCUT2D eigenvalue weighted by Crippen LogP contribution is -2.28. The highest BCUT2D eigenvalue weighted by Crippen LogP contribution is 2.22. The number of nitro groups is 1. The summed E-state index contributed by atoms with van der Waals surface area (Å²) in [5.41, 5.74) is -1.88. The molecule has 1 atom stereocenters. The van der Waals surface area contributed by atoms with Gasteiger partial charge in [0, 0.05) is 6.54 Å². The van der Waals surface area contributed by atoms with Crippen molar-refractivity contribution in [1.29, 1.82) is 5.26 Å². The lowest BCUT2D eigenvalue weighted by Gasteiger charge is -2.07. The summed E-state index contributed by atoms with van der Waals surface area (Å²) in [6.45, 7) is 1.45. The van der Waals surface area contributed by atoms with Gasteiger partial charge in [0.2, 0.25) is 5.82 Å². The van der Waals surface area contributed by atoms with Crippen molar-refractivity contribution in [3.05, 3.63) is 39.4 Å². The lowest BCUT2D eigenvalue weighted by molar-refractivity contribution is -0.387. The Labute approximate surface area is 106 Å². The van der Waals surface area contributed by atoms with Crippen molar-refractivity contribution in [3.8, 4) is 6.07 Å². The Hall–Kier alpha value is -2.56. The summed E-state index contributed by atoms with van der Waals surface area (Å²) >= 11 is 0. The first-order chi connectivity index (χ1) is 8.86. The van der Waals surface area contributed by atoms with E-state index in [2.05, 4.69) is 5.32 Å². The predicted molar refractivity (Wildman–Crippen MR) is 60.1 cm³/mol. The van der Waals surface area contributed by atoms with Gasteiger partial charge in [-0.2, -0.15) is 9.65 Å². The number of halogens is 2. The Morgan fingerprint density at radius 3 is 2.74 bits per heavy atom. The van der Waals surface area contributed by atoms with Crippen LogP contribution < -0.4 is 5.32 Å². The van der Waals surface area contributed by atoms with Crippen molar-refractivity contribution < 1.29 is 18.5 Å². The van der Waals surface area contributed by atoms with Crippen molar-refractivity contribution in [3.63, 3.8) is 0 Å². The van der Waals surface area contributed by atoms with E-state index in [1.54, 1.807) is 0 Å². The molecule has 0 radical (unpaired) electrons. The summed E-state index contributed by atoms with van der Waals surface area (Å²) in [6.07, 6.45) is 0. The molecule has 0 bridgehead atoms. The van der Waals surface area contributed by atoms with E-state index in [4.69, 9.17) is 5.26 Å². The molecule has 0 aromatic heterocycles. The van der Waals surface area contributed by atoms with Crippen LogP contribution in [0.3, 0.4) is 0 Å². The number of hydrogen-bond acceptors (Lipinski definition) is 4. The molecule has 0 saturated heterocycles. The van der Waals surface area contributed by atoms with E-state index in [0.717, 1.165) is 0 Å². The topological polar surface area (TPSA) is 96.0 Å². The Kier molecular flexibility index (Phi) is 4.47. The fourth-order valence-corrected chi connectivity index (χ4v) is 1.26. The molecule has 0 aliphatic rings. The fraction of sp³-hybridized carbons (Fsp3) is 0.273. The summed E-state index contributed by atoms with van der Waals surface area (Å²) in [5.74, 6) is -4.03. The second-order valence-corrected chi connectivity index (χ2v) is 3.78. The molecule has 6 nitrogen and oxygen atoms in total. The first-order valence-corrected chi connectivity index (χ1v) is 5.18. The highest BCUT2D eigenvalue weighted by molar-refractivity contribution is 5.95. The standard InChI is InChI=1S/C11H9F2N3O3/c1-6(4-14)5-15-11(17)8-2-7(12)3-9(10(8)13)16(18)19/h2-3,6H,5H2,1H3,(H,15,17). The van der Waals surface area contributed by atoms with Gasteiger partial charge in [0.25, 0.3) is 5.91 Å². The first-order valence-electron chi connectivity index (χ1n) is 5.18. The van der Waals surface area contributed by atoms with Crippen LogP contribution in [0.4, 0.5) is 14.5 Å². The number of nitrogens with zero attached hydrogens (tertiary/aromatic N) is 2. The zero-order chi connectivity index (χ0) is 14.6. The van der Waals surface area contributed by atoms with Gasteiger partial charge in [-0.1, -0.05) is 0 Å². The van der Waals surface area contributed by atoms with E-state index >= 15 is 0 Å². The number of carbonyl (C=O) groups excluding carboxylic acids is 1. The van der Waals surface area contributed by atoms with Crippen LogP contribution >= 0.6 is 0 Å². The zero-order valence-electron chi connectivity index (χ0n) is 9.81. The van der Waals surface area contributed by atoms with Crippen molar-refractivity contribution in [2.75, 3.05) is 6.54 Å². The van der Waals surface area contributed by atoms with Crippen LogP contribution in [0.1, 0.15) is 17.3 Å². The number of amides is 1. The number of nitro benzene ring substituents is 1. The van der Waals surface area contributed by atoms with Gasteiger partial charge in [0.05, 0.1) is 28.5 Å². The van der Waals surface area contributed by atoms with Crippen molar-refractivity contribution in [2.45, 2.75) is 6.92 Å². The van der Waals surface area contributed by atoms with E-state index in [0.29, 0.717) is 12.1 Å². The van der Waals surface area contributed by atoms with Crippen LogP contribution in [-0.2, 0) is 0 Å². The van der Waals surface area contributed by atoms with Gasteiger partial charge in [0.15, 0.2) is 0 Å². The molecule has 0 heterocycles. The summed E-state index contributed by atoms with van der Waals surface area (Å²) in [6, 6.07) is 2.79.